The summed E-state index contributed by atoms with van der Waals surface area (Å²) in [6.45, 7) is -0.923. The number of anilines is 1. The number of hydrogen-bond donors (Lipinski definition) is 1. The van der Waals surface area contributed by atoms with Gasteiger partial charge in [-0.1, -0.05) is 12.1 Å². The van der Waals surface area contributed by atoms with Crippen molar-refractivity contribution in [3.63, 3.8) is 0 Å². The molecule has 3 aromatic rings. The Morgan fingerprint density at radius 1 is 1.22 bits per heavy atom. The van der Waals surface area contributed by atoms with E-state index in [9.17, 15) is 13.6 Å². The summed E-state index contributed by atoms with van der Waals surface area (Å²) in [7, 11) is 0. The van der Waals surface area contributed by atoms with E-state index in [0.717, 1.165) is 15.6 Å². The van der Waals surface area contributed by atoms with Crippen molar-refractivity contribution in [1.82, 2.24) is 4.98 Å². The number of carbonyl (C=O) groups excluding carboxylic acids is 1. The van der Waals surface area contributed by atoms with Gasteiger partial charge in [-0.2, -0.15) is 8.78 Å². The van der Waals surface area contributed by atoms with E-state index in [1.54, 1.807) is 35.2 Å². The lowest BCUT2D eigenvalue weighted by molar-refractivity contribution is -0.0498. The predicted molar refractivity (Wildman–Crippen MR) is 104 cm³/mol. The zero-order chi connectivity index (χ0) is 19.2. The first-order valence-electron chi connectivity index (χ1n) is 8.00. The quantitative estimate of drug-likeness (QED) is 0.519. The molecule has 2 aromatic carbocycles. The van der Waals surface area contributed by atoms with Gasteiger partial charge in [0.15, 0.2) is 0 Å². The molecule has 0 aliphatic carbocycles. The number of alkyl halides is 2. The molecule has 3 rings (SSSR count). The molecule has 0 aliphatic heterocycles. The summed E-state index contributed by atoms with van der Waals surface area (Å²) in [6, 6.07) is 13.1. The molecule has 4 nitrogen and oxygen atoms in total. The topological polar surface area (TPSA) is 51.2 Å². The number of hydrogen-bond acceptors (Lipinski definition) is 5. The van der Waals surface area contributed by atoms with Gasteiger partial charge in [0.05, 0.1) is 16.3 Å². The van der Waals surface area contributed by atoms with Gasteiger partial charge < -0.3 is 10.1 Å². The number of thioether (sulfide) groups is 1. The standard InChI is InChI=1S/C19H16F2N2O2S2/c1-12-22-14(10-26-12)11-27-17-5-3-2-4-16(17)18(24)23-13-6-8-15(9-7-13)25-19(20)21/h2-10,19H,11H2,1H3,(H,23,24). The average Bonchev–Trinajstić information content (AvgIpc) is 3.07. The van der Waals surface area contributed by atoms with Crippen LogP contribution in [0.5, 0.6) is 5.75 Å². The molecule has 1 aromatic heterocycles. The largest absolute Gasteiger partial charge is 0.435 e. The zero-order valence-electron chi connectivity index (χ0n) is 14.3. The van der Waals surface area contributed by atoms with Crippen molar-refractivity contribution in [3.05, 3.63) is 70.2 Å². The van der Waals surface area contributed by atoms with Gasteiger partial charge in [0.1, 0.15) is 5.75 Å². The number of nitrogens with one attached hydrogen (secondary N) is 1. The van der Waals surface area contributed by atoms with E-state index in [2.05, 4.69) is 15.0 Å². The lowest BCUT2D eigenvalue weighted by Crippen LogP contribution is -2.13. The molecule has 0 bridgehead atoms. The summed E-state index contributed by atoms with van der Waals surface area (Å²) in [6.07, 6.45) is 0. The maximum absolute atomic E-state index is 12.6. The van der Waals surface area contributed by atoms with Crippen molar-refractivity contribution < 1.29 is 18.3 Å². The van der Waals surface area contributed by atoms with E-state index >= 15 is 0 Å². The molecule has 0 saturated heterocycles. The molecule has 0 spiro atoms. The van der Waals surface area contributed by atoms with E-state index in [-0.39, 0.29) is 11.7 Å². The number of carbonyl (C=O) groups is 1. The molecule has 1 N–H and O–H groups in total. The first-order valence-corrected chi connectivity index (χ1v) is 9.87. The van der Waals surface area contributed by atoms with E-state index in [1.165, 1.54) is 24.3 Å². The lowest BCUT2D eigenvalue weighted by atomic mass is 10.2. The smallest absolute Gasteiger partial charge is 0.387 e. The van der Waals surface area contributed by atoms with Crippen LogP contribution in [0.25, 0.3) is 0 Å². The summed E-state index contributed by atoms with van der Waals surface area (Å²) in [5, 5.41) is 5.79. The third-order valence-electron chi connectivity index (χ3n) is 3.51. The number of aryl methyl sites for hydroxylation is 1. The maximum atomic E-state index is 12.6. The Morgan fingerprint density at radius 2 is 1.96 bits per heavy atom. The second-order valence-electron chi connectivity index (χ2n) is 5.50. The summed E-state index contributed by atoms with van der Waals surface area (Å²) in [5.74, 6) is 0.446. The fourth-order valence-corrected chi connectivity index (χ4v) is 3.98. The van der Waals surface area contributed by atoms with Crippen LogP contribution in [0.1, 0.15) is 21.1 Å². The van der Waals surface area contributed by atoms with Crippen LogP contribution in [-0.4, -0.2) is 17.5 Å². The van der Waals surface area contributed by atoms with Crippen LogP contribution in [0, 0.1) is 6.92 Å². The Balaban J connectivity index is 1.67. The molecule has 0 radical (unpaired) electrons. The van der Waals surface area contributed by atoms with E-state index in [0.29, 0.717) is 17.0 Å². The molecule has 0 atom stereocenters. The summed E-state index contributed by atoms with van der Waals surface area (Å²) >= 11 is 3.14. The molecular weight excluding hydrogens is 390 g/mol. The van der Waals surface area contributed by atoms with Gasteiger partial charge in [0.2, 0.25) is 0 Å². The van der Waals surface area contributed by atoms with Crippen LogP contribution in [-0.2, 0) is 5.75 Å². The van der Waals surface area contributed by atoms with Gasteiger partial charge in [-0.3, -0.25) is 4.79 Å². The van der Waals surface area contributed by atoms with Crippen LogP contribution in [0.15, 0.2) is 58.8 Å². The first-order chi connectivity index (χ1) is 13.0. The highest BCUT2D eigenvalue weighted by Crippen LogP contribution is 2.27. The van der Waals surface area contributed by atoms with Crippen molar-refractivity contribution in [2.45, 2.75) is 24.2 Å². The van der Waals surface area contributed by atoms with E-state index in [1.807, 2.05) is 24.4 Å². The summed E-state index contributed by atoms with van der Waals surface area (Å²) in [5.41, 5.74) is 2.02. The normalized spacial score (nSPS) is 10.8. The SMILES string of the molecule is Cc1nc(CSc2ccccc2C(=O)Nc2ccc(OC(F)F)cc2)cs1. The van der Waals surface area contributed by atoms with Crippen molar-refractivity contribution in [3.8, 4) is 5.75 Å². The van der Waals surface area contributed by atoms with Crippen LogP contribution in [0.4, 0.5) is 14.5 Å². The zero-order valence-corrected chi connectivity index (χ0v) is 15.9. The third kappa shape index (κ3) is 5.51. The minimum absolute atomic E-state index is 0.0394. The Bertz CT molecular complexity index is 914. The first kappa shape index (κ1) is 19.3. The van der Waals surface area contributed by atoms with Crippen molar-refractivity contribution >= 4 is 34.7 Å². The van der Waals surface area contributed by atoms with E-state index < -0.39 is 6.61 Å². The maximum Gasteiger partial charge on any atom is 0.387 e. The summed E-state index contributed by atoms with van der Waals surface area (Å²) < 4.78 is 28.7. The molecule has 0 unspecified atom stereocenters. The van der Waals surface area contributed by atoms with Gasteiger partial charge in [-0.05, 0) is 43.3 Å². The molecule has 0 aliphatic rings. The van der Waals surface area contributed by atoms with Gasteiger partial charge >= 0.3 is 6.61 Å². The van der Waals surface area contributed by atoms with Gasteiger partial charge in [0, 0.05) is 21.7 Å². The van der Waals surface area contributed by atoms with Crippen LogP contribution in [0.3, 0.4) is 0 Å². The van der Waals surface area contributed by atoms with Crippen LogP contribution < -0.4 is 10.1 Å². The van der Waals surface area contributed by atoms with Gasteiger partial charge in [-0.15, -0.1) is 23.1 Å². The third-order valence-corrected chi connectivity index (χ3v) is 5.44. The molecule has 1 heterocycles. The van der Waals surface area contributed by atoms with Crippen molar-refractivity contribution in [2.75, 3.05) is 5.32 Å². The van der Waals surface area contributed by atoms with Crippen molar-refractivity contribution in [1.29, 1.82) is 0 Å². The minimum atomic E-state index is -2.88. The fraction of sp³-hybridized carbons (Fsp3) is 0.158. The highest BCUT2D eigenvalue weighted by Gasteiger charge is 2.13. The Morgan fingerprint density at radius 3 is 2.63 bits per heavy atom. The minimum Gasteiger partial charge on any atom is -0.435 e. The number of benzene rings is 2. The van der Waals surface area contributed by atoms with Crippen LogP contribution in [0.2, 0.25) is 0 Å². The molecule has 27 heavy (non-hydrogen) atoms. The molecular formula is C19H16F2N2O2S2. The molecule has 0 fully saturated rings. The molecule has 140 valence electrons. The van der Waals surface area contributed by atoms with E-state index in [4.69, 9.17) is 0 Å². The average molecular weight is 406 g/mol. The second-order valence-corrected chi connectivity index (χ2v) is 7.58. The highest BCUT2D eigenvalue weighted by molar-refractivity contribution is 7.98. The predicted octanol–water partition coefficient (Wildman–Crippen LogP) is 5.60. The van der Waals surface area contributed by atoms with Gasteiger partial charge in [-0.25, -0.2) is 4.98 Å². The fourth-order valence-electron chi connectivity index (χ4n) is 2.32. The molecule has 0 saturated carbocycles. The Hall–Kier alpha value is -2.45. The second kappa shape index (κ2) is 8.96. The molecule has 8 heteroatoms. The highest BCUT2D eigenvalue weighted by atomic mass is 32.2. The lowest BCUT2D eigenvalue weighted by Gasteiger charge is -2.10. The summed E-state index contributed by atoms with van der Waals surface area (Å²) in [4.78, 5) is 17.9. The Labute approximate surface area is 163 Å². The number of amides is 1. The molecule has 1 amide bonds. The monoisotopic (exact) mass is 406 g/mol. The number of thiazole rings is 1. The number of aromatic nitrogens is 1. The number of rotatable bonds is 7. The van der Waals surface area contributed by atoms with Gasteiger partial charge in [0.25, 0.3) is 5.91 Å². The number of nitrogens with zero attached hydrogens (tertiary/aromatic N) is 1. The van der Waals surface area contributed by atoms with Crippen molar-refractivity contribution in [2.24, 2.45) is 0 Å². The number of halogens is 2. The van der Waals surface area contributed by atoms with Crippen LogP contribution >= 0.6 is 23.1 Å². The Kier molecular flexibility index (Phi) is 6.41. The number of ether oxygens (including phenoxy) is 1.